The van der Waals surface area contributed by atoms with Crippen LogP contribution in [0.4, 0.5) is 11.5 Å². The molecule has 4 rings (SSSR count). The van der Waals surface area contributed by atoms with Crippen LogP contribution < -0.4 is 5.32 Å². The molecular weight excluding hydrogens is 359 g/mol. The molecule has 4 aromatic rings. The second-order valence-electron chi connectivity index (χ2n) is 5.41. The maximum Gasteiger partial charge on any atom is 0.178 e. The lowest BCUT2D eigenvalue weighted by molar-refractivity contribution is 0.840. The summed E-state index contributed by atoms with van der Waals surface area (Å²) in [6.07, 6.45) is 2.27. The van der Waals surface area contributed by atoms with Crippen molar-refractivity contribution in [1.29, 1.82) is 0 Å². The minimum atomic E-state index is 0.459. The van der Waals surface area contributed by atoms with Crippen molar-refractivity contribution in [3.63, 3.8) is 0 Å². The van der Waals surface area contributed by atoms with Gasteiger partial charge in [0.15, 0.2) is 17.3 Å². The topological polar surface area (TPSA) is 68.0 Å². The van der Waals surface area contributed by atoms with E-state index in [1.807, 2.05) is 42.5 Å². The molecule has 0 radical (unpaired) electrons. The molecule has 6 nitrogen and oxygen atoms in total. The van der Waals surface area contributed by atoms with E-state index in [-0.39, 0.29) is 0 Å². The van der Waals surface area contributed by atoms with Gasteiger partial charge in [0, 0.05) is 23.3 Å². The fraction of sp³-hybridized carbons (Fsp3) is 0.0588. The number of rotatable bonds is 4. The predicted molar refractivity (Wildman–Crippen MR) is 97.6 cm³/mol. The van der Waals surface area contributed by atoms with Crippen molar-refractivity contribution >= 4 is 40.4 Å². The number of anilines is 2. The van der Waals surface area contributed by atoms with Crippen molar-refractivity contribution in [3.8, 4) is 0 Å². The Balaban J connectivity index is 1.64. The lowest BCUT2D eigenvalue weighted by Gasteiger charge is -2.06. The van der Waals surface area contributed by atoms with Gasteiger partial charge in [-0.3, -0.25) is 0 Å². The number of hydrogen-bond donors (Lipinski definition) is 1. The van der Waals surface area contributed by atoms with E-state index in [9.17, 15) is 0 Å². The summed E-state index contributed by atoms with van der Waals surface area (Å²) in [5, 5.41) is 17.3. The van der Waals surface area contributed by atoms with Gasteiger partial charge in [-0.15, -0.1) is 15.3 Å². The highest BCUT2D eigenvalue weighted by atomic mass is 35.5. The van der Waals surface area contributed by atoms with Crippen molar-refractivity contribution < 1.29 is 0 Å². The first-order chi connectivity index (χ1) is 12.2. The zero-order valence-corrected chi connectivity index (χ0v) is 14.4. The van der Waals surface area contributed by atoms with Gasteiger partial charge in [0.25, 0.3) is 0 Å². The van der Waals surface area contributed by atoms with Crippen molar-refractivity contribution in [2.75, 3.05) is 5.32 Å². The molecule has 0 atom stereocenters. The Morgan fingerprint density at radius 1 is 1.00 bits per heavy atom. The summed E-state index contributed by atoms with van der Waals surface area (Å²) >= 11 is 11.8. The highest BCUT2D eigenvalue weighted by Gasteiger charge is 2.09. The van der Waals surface area contributed by atoms with Crippen LogP contribution in [0.15, 0.2) is 54.7 Å². The number of aromatic nitrogens is 5. The number of nitrogens with zero attached hydrogens (tertiary/aromatic N) is 5. The lowest BCUT2D eigenvalue weighted by Crippen LogP contribution is -2.03. The highest BCUT2D eigenvalue weighted by molar-refractivity contribution is 6.30. The maximum atomic E-state index is 6.01. The molecule has 0 saturated heterocycles. The molecule has 3 heterocycles. The van der Waals surface area contributed by atoms with Crippen LogP contribution >= 0.6 is 23.2 Å². The largest absolute Gasteiger partial charge is 0.339 e. The summed E-state index contributed by atoms with van der Waals surface area (Å²) in [4.78, 5) is 4.08. The predicted octanol–water partition coefficient (Wildman–Crippen LogP) is 4.16. The summed E-state index contributed by atoms with van der Waals surface area (Å²) in [6, 6.07) is 14.8. The summed E-state index contributed by atoms with van der Waals surface area (Å²) in [6.45, 7) is 0. The van der Waals surface area contributed by atoms with Crippen LogP contribution in [0.25, 0.3) is 5.65 Å². The van der Waals surface area contributed by atoms with E-state index >= 15 is 0 Å². The fourth-order valence-electron chi connectivity index (χ4n) is 2.42. The number of benzene rings is 1. The first kappa shape index (κ1) is 15.8. The standard InChI is InChI=1S/C17H12Cl2N6/c18-12-2-1-3-13(9-12)21-15-6-7-16-22-23-17(25(16)24-15)8-11-4-5-14(19)20-10-11/h1-7,9-10H,8H2,(H,21,24). The smallest absolute Gasteiger partial charge is 0.178 e. The molecule has 0 bridgehead atoms. The van der Waals surface area contributed by atoms with Gasteiger partial charge in [-0.1, -0.05) is 35.3 Å². The number of hydrogen-bond acceptors (Lipinski definition) is 5. The highest BCUT2D eigenvalue weighted by Crippen LogP contribution is 2.19. The average molecular weight is 371 g/mol. The molecular formula is C17H12Cl2N6. The molecule has 1 aromatic carbocycles. The summed E-state index contributed by atoms with van der Waals surface area (Å²) in [7, 11) is 0. The zero-order chi connectivity index (χ0) is 17.2. The SMILES string of the molecule is Clc1cccc(Nc2ccc3nnc(Cc4ccc(Cl)nc4)n3n2)c1. The normalized spacial score (nSPS) is 11.0. The van der Waals surface area contributed by atoms with E-state index in [0.29, 0.717) is 33.9 Å². The van der Waals surface area contributed by atoms with Gasteiger partial charge >= 0.3 is 0 Å². The van der Waals surface area contributed by atoms with Crippen LogP contribution in [-0.2, 0) is 6.42 Å². The van der Waals surface area contributed by atoms with Gasteiger partial charge in [0.2, 0.25) is 0 Å². The Morgan fingerprint density at radius 2 is 1.92 bits per heavy atom. The van der Waals surface area contributed by atoms with Crippen LogP contribution in [0, 0.1) is 0 Å². The number of pyridine rings is 1. The molecule has 25 heavy (non-hydrogen) atoms. The molecule has 0 aliphatic heterocycles. The van der Waals surface area contributed by atoms with Crippen LogP contribution in [0.5, 0.6) is 0 Å². The molecule has 0 aliphatic carbocycles. The minimum absolute atomic E-state index is 0.459. The van der Waals surface area contributed by atoms with Crippen LogP contribution in [0.3, 0.4) is 0 Å². The number of nitrogens with one attached hydrogen (secondary N) is 1. The summed E-state index contributed by atoms with van der Waals surface area (Å²) in [5.74, 6) is 1.39. The summed E-state index contributed by atoms with van der Waals surface area (Å²) in [5.41, 5.74) is 2.51. The lowest BCUT2D eigenvalue weighted by atomic mass is 10.2. The van der Waals surface area contributed by atoms with Crippen LogP contribution in [0.1, 0.15) is 11.4 Å². The van der Waals surface area contributed by atoms with E-state index in [0.717, 1.165) is 11.3 Å². The zero-order valence-electron chi connectivity index (χ0n) is 12.9. The van der Waals surface area contributed by atoms with E-state index in [2.05, 4.69) is 25.6 Å². The second-order valence-corrected chi connectivity index (χ2v) is 6.23. The van der Waals surface area contributed by atoms with Gasteiger partial charge in [0.05, 0.1) is 0 Å². The van der Waals surface area contributed by atoms with Gasteiger partial charge in [-0.05, 0) is 42.0 Å². The first-order valence-corrected chi connectivity index (χ1v) is 8.27. The molecule has 3 aromatic heterocycles. The van der Waals surface area contributed by atoms with E-state index < -0.39 is 0 Å². The Bertz CT molecular complexity index is 1030. The number of halogens is 2. The Morgan fingerprint density at radius 3 is 2.72 bits per heavy atom. The molecule has 0 spiro atoms. The molecule has 0 unspecified atom stereocenters. The fourth-order valence-corrected chi connectivity index (χ4v) is 2.72. The van der Waals surface area contributed by atoms with Crippen molar-refractivity contribution in [2.45, 2.75) is 6.42 Å². The number of fused-ring (bicyclic) bond motifs is 1. The van der Waals surface area contributed by atoms with Gasteiger partial charge in [-0.2, -0.15) is 4.52 Å². The molecule has 0 amide bonds. The van der Waals surface area contributed by atoms with Crippen LogP contribution in [-0.4, -0.2) is 24.8 Å². The monoisotopic (exact) mass is 370 g/mol. The van der Waals surface area contributed by atoms with Gasteiger partial charge < -0.3 is 5.32 Å². The third-order valence-electron chi connectivity index (χ3n) is 3.58. The minimum Gasteiger partial charge on any atom is -0.339 e. The second kappa shape index (κ2) is 6.66. The van der Waals surface area contributed by atoms with Gasteiger partial charge in [0.1, 0.15) is 5.15 Å². The summed E-state index contributed by atoms with van der Waals surface area (Å²) < 4.78 is 1.71. The third-order valence-corrected chi connectivity index (χ3v) is 4.03. The van der Waals surface area contributed by atoms with E-state index in [1.54, 1.807) is 16.8 Å². The Hall–Kier alpha value is -2.70. The van der Waals surface area contributed by atoms with Gasteiger partial charge in [-0.25, -0.2) is 4.98 Å². The molecule has 0 saturated carbocycles. The quantitative estimate of drug-likeness (QED) is 0.546. The first-order valence-electron chi connectivity index (χ1n) is 7.52. The Labute approximate surface area is 153 Å². The maximum absolute atomic E-state index is 6.01. The van der Waals surface area contributed by atoms with E-state index in [4.69, 9.17) is 23.2 Å². The van der Waals surface area contributed by atoms with Crippen molar-refractivity contribution in [3.05, 3.63) is 76.3 Å². The Kier molecular flexibility index (Phi) is 4.21. The molecule has 1 N–H and O–H groups in total. The van der Waals surface area contributed by atoms with E-state index in [1.165, 1.54) is 0 Å². The molecule has 0 aliphatic rings. The molecule has 124 valence electrons. The average Bonchev–Trinajstić information content (AvgIpc) is 2.99. The van der Waals surface area contributed by atoms with Crippen LogP contribution in [0.2, 0.25) is 10.2 Å². The third kappa shape index (κ3) is 3.55. The van der Waals surface area contributed by atoms with Crippen molar-refractivity contribution in [2.24, 2.45) is 0 Å². The molecule has 0 fully saturated rings. The molecule has 8 heteroatoms. The van der Waals surface area contributed by atoms with Crippen molar-refractivity contribution in [1.82, 2.24) is 24.8 Å².